The molecule has 1 aliphatic heterocycles. The van der Waals surface area contributed by atoms with Gasteiger partial charge in [-0.3, -0.25) is 0 Å². The van der Waals surface area contributed by atoms with Crippen LogP contribution < -0.4 is 10.6 Å². The minimum absolute atomic E-state index is 0.234. The number of thioether (sulfide) groups is 2. The highest BCUT2D eigenvalue weighted by atomic mass is 32.2. The Morgan fingerprint density at radius 2 is 2.00 bits per heavy atom. The Morgan fingerprint density at radius 3 is 2.67 bits per heavy atom. The SMILES string of the molecule is NC/C=C(\F)C(F)(F)Sc1ccccc1N1CCSCC1. The van der Waals surface area contributed by atoms with Crippen LogP contribution in [0.4, 0.5) is 18.9 Å². The van der Waals surface area contributed by atoms with Crippen molar-refractivity contribution >= 4 is 29.2 Å². The Balaban J connectivity index is 2.22. The van der Waals surface area contributed by atoms with Gasteiger partial charge in [-0.15, -0.1) is 0 Å². The second-order valence-electron chi connectivity index (χ2n) is 4.47. The molecule has 0 amide bonds. The lowest BCUT2D eigenvalue weighted by molar-refractivity contribution is 0.118. The quantitative estimate of drug-likeness (QED) is 0.831. The normalized spacial score (nSPS) is 17.1. The molecule has 1 fully saturated rings. The predicted molar refractivity (Wildman–Crippen MR) is 85.0 cm³/mol. The number of para-hydroxylation sites is 1. The average Bonchev–Trinajstić information content (AvgIpc) is 2.48. The van der Waals surface area contributed by atoms with Crippen LogP contribution in [0.15, 0.2) is 41.1 Å². The molecule has 1 saturated heterocycles. The Morgan fingerprint density at radius 1 is 1.33 bits per heavy atom. The van der Waals surface area contributed by atoms with Gasteiger partial charge in [0.1, 0.15) is 0 Å². The van der Waals surface area contributed by atoms with Crippen molar-refractivity contribution in [3.63, 3.8) is 0 Å². The highest BCUT2D eigenvalue weighted by Gasteiger charge is 2.37. The molecule has 0 unspecified atom stereocenters. The maximum absolute atomic E-state index is 13.9. The summed E-state index contributed by atoms with van der Waals surface area (Å²) in [7, 11) is 0. The van der Waals surface area contributed by atoms with E-state index in [1.54, 1.807) is 18.2 Å². The molecule has 2 rings (SSSR count). The van der Waals surface area contributed by atoms with E-state index in [1.165, 1.54) is 0 Å². The number of anilines is 1. The van der Waals surface area contributed by atoms with Crippen LogP contribution in [0.1, 0.15) is 0 Å². The molecule has 2 nitrogen and oxygen atoms in total. The molecule has 1 aliphatic rings. The van der Waals surface area contributed by atoms with Crippen molar-refractivity contribution < 1.29 is 13.2 Å². The molecule has 116 valence electrons. The molecule has 7 heteroatoms. The molecule has 1 aromatic carbocycles. The molecule has 0 atom stereocenters. The standard InChI is InChI=1S/C14H17F3N2S2/c15-13(5-6-18)14(16,17)21-12-4-2-1-3-11(12)19-7-9-20-10-8-19/h1-5H,6-10,18H2/b13-5-. The lowest BCUT2D eigenvalue weighted by atomic mass is 10.3. The van der Waals surface area contributed by atoms with Crippen molar-refractivity contribution in [1.29, 1.82) is 0 Å². The van der Waals surface area contributed by atoms with Gasteiger partial charge in [0.2, 0.25) is 0 Å². The molecule has 21 heavy (non-hydrogen) atoms. The van der Waals surface area contributed by atoms with Gasteiger partial charge < -0.3 is 10.6 Å². The molecule has 2 N–H and O–H groups in total. The second-order valence-corrected chi connectivity index (χ2v) is 6.86. The molecule has 0 radical (unpaired) electrons. The monoisotopic (exact) mass is 334 g/mol. The third kappa shape index (κ3) is 4.34. The van der Waals surface area contributed by atoms with Crippen molar-refractivity contribution in [2.75, 3.05) is 36.0 Å². The van der Waals surface area contributed by atoms with E-state index in [-0.39, 0.29) is 18.3 Å². The number of hydrogen-bond donors (Lipinski definition) is 1. The smallest absolute Gasteiger partial charge is 0.348 e. The van der Waals surface area contributed by atoms with E-state index in [0.717, 1.165) is 30.3 Å². The summed E-state index contributed by atoms with van der Waals surface area (Å²) in [6.45, 7) is 1.39. The van der Waals surface area contributed by atoms with E-state index in [0.29, 0.717) is 11.0 Å². The summed E-state index contributed by atoms with van der Waals surface area (Å²) in [4.78, 5) is 2.45. The molecule has 0 aliphatic carbocycles. The maximum Gasteiger partial charge on any atom is 0.348 e. The van der Waals surface area contributed by atoms with Gasteiger partial charge in [-0.05, 0) is 30.0 Å². The zero-order valence-corrected chi connectivity index (χ0v) is 13.0. The summed E-state index contributed by atoms with van der Waals surface area (Å²) in [5.74, 6) is 0.451. The summed E-state index contributed by atoms with van der Waals surface area (Å²) >= 11 is 2.08. The number of benzene rings is 1. The van der Waals surface area contributed by atoms with Crippen molar-refractivity contribution in [1.82, 2.24) is 0 Å². The lowest BCUT2D eigenvalue weighted by Gasteiger charge is -2.30. The first-order valence-corrected chi connectivity index (χ1v) is 8.56. The van der Waals surface area contributed by atoms with Crippen molar-refractivity contribution in [2.24, 2.45) is 5.73 Å². The zero-order chi connectivity index (χ0) is 15.3. The zero-order valence-electron chi connectivity index (χ0n) is 11.4. The predicted octanol–water partition coefficient (Wildman–Crippen LogP) is 3.74. The topological polar surface area (TPSA) is 29.3 Å². The van der Waals surface area contributed by atoms with Crippen molar-refractivity contribution in [2.45, 2.75) is 10.2 Å². The van der Waals surface area contributed by atoms with Gasteiger partial charge in [-0.2, -0.15) is 20.5 Å². The lowest BCUT2D eigenvalue weighted by Crippen LogP contribution is -2.32. The van der Waals surface area contributed by atoms with E-state index in [2.05, 4.69) is 4.90 Å². The molecule has 1 aromatic rings. The number of hydrogen-bond acceptors (Lipinski definition) is 4. The van der Waals surface area contributed by atoms with Gasteiger partial charge in [0.05, 0.1) is 5.69 Å². The fourth-order valence-corrected chi connectivity index (χ4v) is 3.83. The fourth-order valence-electron chi connectivity index (χ4n) is 2.02. The first kappa shape index (κ1) is 16.6. The molecular weight excluding hydrogens is 317 g/mol. The van der Waals surface area contributed by atoms with Crippen LogP contribution in [0.3, 0.4) is 0 Å². The summed E-state index contributed by atoms with van der Waals surface area (Å²) in [6.07, 6.45) is 0.715. The first-order valence-electron chi connectivity index (χ1n) is 6.59. The fraction of sp³-hybridized carbons (Fsp3) is 0.429. The molecule has 0 bridgehead atoms. The Labute approximate surface area is 130 Å². The Bertz CT molecular complexity index is 503. The summed E-state index contributed by atoms with van der Waals surface area (Å²) < 4.78 is 41.2. The minimum atomic E-state index is -3.60. The van der Waals surface area contributed by atoms with Gasteiger partial charge in [-0.1, -0.05) is 12.1 Å². The molecule has 0 aromatic heterocycles. The Kier molecular flexibility index (Phi) is 5.89. The molecular formula is C14H17F3N2S2. The van der Waals surface area contributed by atoms with Gasteiger partial charge in [-0.25, -0.2) is 4.39 Å². The molecule has 1 heterocycles. The van der Waals surface area contributed by atoms with E-state index >= 15 is 0 Å². The van der Waals surface area contributed by atoms with Gasteiger partial charge in [0.15, 0.2) is 5.83 Å². The van der Waals surface area contributed by atoms with E-state index in [4.69, 9.17) is 5.73 Å². The average molecular weight is 334 g/mol. The van der Waals surface area contributed by atoms with E-state index < -0.39 is 11.1 Å². The third-order valence-corrected chi connectivity index (χ3v) is 4.99. The summed E-state index contributed by atoms with van der Waals surface area (Å²) in [6, 6.07) is 6.90. The van der Waals surface area contributed by atoms with Crippen LogP contribution in [0.25, 0.3) is 0 Å². The third-order valence-electron chi connectivity index (χ3n) is 3.03. The second kappa shape index (κ2) is 7.47. The van der Waals surface area contributed by atoms with Crippen LogP contribution in [0, 0.1) is 0 Å². The number of nitrogens with two attached hydrogens (primary N) is 1. The largest absolute Gasteiger partial charge is 0.369 e. The van der Waals surface area contributed by atoms with Crippen LogP contribution in [-0.4, -0.2) is 36.4 Å². The van der Waals surface area contributed by atoms with Crippen LogP contribution >= 0.6 is 23.5 Å². The van der Waals surface area contributed by atoms with Gasteiger partial charge in [0.25, 0.3) is 0 Å². The van der Waals surface area contributed by atoms with Crippen molar-refractivity contribution in [3.8, 4) is 0 Å². The number of halogens is 3. The number of alkyl halides is 2. The Hall–Kier alpha value is -0.790. The van der Waals surface area contributed by atoms with Gasteiger partial charge >= 0.3 is 5.25 Å². The van der Waals surface area contributed by atoms with Crippen LogP contribution in [-0.2, 0) is 0 Å². The maximum atomic E-state index is 13.9. The number of nitrogens with zero attached hydrogens (tertiary/aromatic N) is 1. The van der Waals surface area contributed by atoms with E-state index in [9.17, 15) is 13.2 Å². The summed E-state index contributed by atoms with van der Waals surface area (Å²) in [5.41, 5.74) is 5.84. The first-order chi connectivity index (χ1) is 10.0. The van der Waals surface area contributed by atoms with Crippen LogP contribution in [0.5, 0.6) is 0 Å². The highest BCUT2D eigenvalue weighted by Crippen LogP contribution is 2.45. The van der Waals surface area contributed by atoms with E-state index in [1.807, 2.05) is 17.8 Å². The van der Waals surface area contributed by atoms with Crippen LogP contribution in [0.2, 0.25) is 0 Å². The van der Waals surface area contributed by atoms with Gasteiger partial charge in [0, 0.05) is 36.0 Å². The number of rotatable bonds is 5. The highest BCUT2D eigenvalue weighted by molar-refractivity contribution is 8.00. The molecule has 0 saturated carbocycles. The van der Waals surface area contributed by atoms with Crippen molar-refractivity contribution in [3.05, 3.63) is 36.2 Å². The minimum Gasteiger partial charge on any atom is -0.369 e. The molecule has 0 spiro atoms. The summed E-state index contributed by atoms with van der Waals surface area (Å²) in [5, 5.41) is -3.60.